The number of anilines is 1. The fourth-order valence-corrected chi connectivity index (χ4v) is 2.02. The fourth-order valence-electron chi connectivity index (χ4n) is 2.02. The molecule has 1 unspecified atom stereocenters. The lowest BCUT2D eigenvalue weighted by Crippen LogP contribution is -2.30. The molecule has 1 aromatic rings. The molecule has 1 aromatic carbocycles. The van der Waals surface area contributed by atoms with Crippen LogP contribution in [0.2, 0.25) is 0 Å². The number of benzene rings is 1. The van der Waals surface area contributed by atoms with Crippen LogP contribution in [0, 0.1) is 11.3 Å². The van der Waals surface area contributed by atoms with Crippen LogP contribution in [0.4, 0.5) is 5.69 Å². The molecule has 1 aliphatic heterocycles. The first-order valence-electron chi connectivity index (χ1n) is 5.19. The molecule has 3 heteroatoms. The summed E-state index contributed by atoms with van der Waals surface area (Å²) in [5.74, 6) is 0. The van der Waals surface area contributed by atoms with Crippen molar-refractivity contribution in [1.29, 1.82) is 5.26 Å². The van der Waals surface area contributed by atoms with Crippen LogP contribution in [-0.2, 0) is 6.42 Å². The Morgan fingerprint density at radius 3 is 3.07 bits per heavy atom. The van der Waals surface area contributed by atoms with Gasteiger partial charge in [0.15, 0.2) is 0 Å². The van der Waals surface area contributed by atoms with Crippen molar-refractivity contribution < 1.29 is 5.11 Å². The summed E-state index contributed by atoms with van der Waals surface area (Å²) in [5, 5.41) is 18.0. The van der Waals surface area contributed by atoms with Gasteiger partial charge in [0.05, 0.1) is 18.6 Å². The number of β-amino-alcohol motifs (C(OH)–C–C–N with tert-alkyl or cyclic N) is 1. The number of rotatable bonds is 3. The summed E-state index contributed by atoms with van der Waals surface area (Å²) >= 11 is 0. The second-order valence-electron chi connectivity index (χ2n) is 3.84. The zero-order valence-corrected chi connectivity index (χ0v) is 8.56. The topological polar surface area (TPSA) is 47.3 Å². The lowest BCUT2D eigenvalue weighted by Gasteiger charge is -2.21. The van der Waals surface area contributed by atoms with Crippen LogP contribution in [0.1, 0.15) is 12.0 Å². The molecule has 0 radical (unpaired) electrons. The molecule has 0 fully saturated rings. The third kappa shape index (κ3) is 2.11. The van der Waals surface area contributed by atoms with Gasteiger partial charge in [-0.25, -0.2) is 0 Å². The molecule has 0 spiro atoms. The number of fused-ring (bicyclic) bond motifs is 1. The van der Waals surface area contributed by atoms with E-state index in [1.165, 1.54) is 11.3 Å². The Labute approximate surface area is 89.6 Å². The highest BCUT2D eigenvalue weighted by Gasteiger charge is 2.20. The van der Waals surface area contributed by atoms with E-state index in [1.54, 1.807) is 0 Å². The van der Waals surface area contributed by atoms with Gasteiger partial charge in [-0.05, 0) is 18.1 Å². The minimum atomic E-state index is -0.541. The predicted octanol–water partition coefficient (Wildman–Crippen LogP) is 1.32. The highest BCUT2D eigenvalue weighted by Crippen LogP contribution is 2.27. The van der Waals surface area contributed by atoms with E-state index in [-0.39, 0.29) is 6.42 Å². The highest BCUT2D eigenvalue weighted by atomic mass is 16.3. The van der Waals surface area contributed by atoms with Crippen molar-refractivity contribution >= 4 is 5.69 Å². The SMILES string of the molecule is N#CCC(O)CN1CCc2ccccc21. The van der Waals surface area contributed by atoms with Gasteiger partial charge in [-0.1, -0.05) is 18.2 Å². The van der Waals surface area contributed by atoms with Crippen LogP contribution in [0.5, 0.6) is 0 Å². The minimum Gasteiger partial charge on any atom is -0.390 e. The van der Waals surface area contributed by atoms with Crippen LogP contribution in [0.15, 0.2) is 24.3 Å². The number of nitriles is 1. The van der Waals surface area contributed by atoms with Gasteiger partial charge in [-0.2, -0.15) is 5.26 Å². The average Bonchev–Trinajstić information content (AvgIpc) is 2.62. The largest absolute Gasteiger partial charge is 0.390 e. The number of hydrogen-bond acceptors (Lipinski definition) is 3. The van der Waals surface area contributed by atoms with Gasteiger partial charge in [0.25, 0.3) is 0 Å². The Morgan fingerprint density at radius 1 is 1.47 bits per heavy atom. The molecule has 0 amide bonds. The van der Waals surface area contributed by atoms with Crippen molar-refractivity contribution in [1.82, 2.24) is 0 Å². The summed E-state index contributed by atoms with van der Waals surface area (Å²) < 4.78 is 0. The van der Waals surface area contributed by atoms with Gasteiger partial charge in [0.1, 0.15) is 0 Å². The first-order valence-corrected chi connectivity index (χ1v) is 5.19. The fraction of sp³-hybridized carbons (Fsp3) is 0.417. The average molecular weight is 202 g/mol. The van der Waals surface area contributed by atoms with E-state index in [4.69, 9.17) is 5.26 Å². The van der Waals surface area contributed by atoms with Crippen LogP contribution in [-0.4, -0.2) is 24.3 Å². The molecule has 1 heterocycles. The second kappa shape index (κ2) is 4.33. The Kier molecular flexibility index (Phi) is 2.89. The number of para-hydroxylation sites is 1. The number of hydrogen-bond donors (Lipinski definition) is 1. The summed E-state index contributed by atoms with van der Waals surface area (Å²) in [6, 6.07) is 10.2. The van der Waals surface area contributed by atoms with Crippen molar-refractivity contribution in [3.8, 4) is 6.07 Å². The molecule has 0 aromatic heterocycles. The Hall–Kier alpha value is -1.53. The van der Waals surface area contributed by atoms with Crippen molar-refractivity contribution in [2.75, 3.05) is 18.0 Å². The van der Waals surface area contributed by atoms with E-state index >= 15 is 0 Å². The van der Waals surface area contributed by atoms with Crippen LogP contribution in [0.3, 0.4) is 0 Å². The minimum absolute atomic E-state index is 0.207. The maximum Gasteiger partial charge on any atom is 0.0844 e. The molecule has 0 saturated heterocycles. The zero-order chi connectivity index (χ0) is 10.7. The van der Waals surface area contributed by atoms with E-state index in [9.17, 15) is 5.11 Å². The number of aliphatic hydroxyl groups is 1. The first-order chi connectivity index (χ1) is 7.31. The molecule has 0 bridgehead atoms. The molecule has 0 aliphatic carbocycles. The van der Waals surface area contributed by atoms with E-state index in [1.807, 2.05) is 18.2 Å². The normalized spacial score (nSPS) is 15.9. The quantitative estimate of drug-likeness (QED) is 0.804. The van der Waals surface area contributed by atoms with Crippen LogP contribution < -0.4 is 4.90 Å². The molecule has 1 aliphatic rings. The molecule has 78 valence electrons. The molecule has 0 saturated carbocycles. The van der Waals surface area contributed by atoms with Gasteiger partial charge >= 0.3 is 0 Å². The first kappa shape index (κ1) is 10.0. The summed E-state index contributed by atoms with van der Waals surface area (Å²) in [6.07, 6.45) is 0.704. The molecule has 3 nitrogen and oxygen atoms in total. The standard InChI is InChI=1S/C12H14N2O/c13-7-5-11(15)9-14-8-6-10-3-1-2-4-12(10)14/h1-4,11,15H,5-6,8-9H2. The zero-order valence-electron chi connectivity index (χ0n) is 8.56. The molecular weight excluding hydrogens is 188 g/mol. The van der Waals surface area contributed by atoms with Gasteiger partial charge < -0.3 is 10.0 Å². The second-order valence-corrected chi connectivity index (χ2v) is 3.84. The van der Waals surface area contributed by atoms with E-state index in [0.29, 0.717) is 6.54 Å². The molecular formula is C12H14N2O. The van der Waals surface area contributed by atoms with Crippen LogP contribution in [0.25, 0.3) is 0 Å². The lowest BCUT2D eigenvalue weighted by molar-refractivity contribution is 0.185. The maximum atomic E-state index is 9.57. The molecule has 1 N–H and O–H groups in total. The summed E-state index contributed by atoms with van der Waals surface area (Å²) in [4.78, 5) is 2.15. The van der Waals surface area contributed by atoms with Gasteiger partial charge in [-0.15, -0.1) is 0 Å². The molecule has 1 atom stereocenters. The van der Waals surface area contributed by atoms with Crippen molar-refractivity contribution in [2.45, 2.75) is 18.9 Å². The third-order valence-electron chi connectivity index (χ3n) is 2.74. The summed E-state index contributed by atoms with van der Waals surface area (Å²) in [7, 11) is 0. The van der Waals surface area contributed by atoms with Crippen molar-refractivity contribution in [2.24, 2.45) is 0 Å². The Bertz CT molecular complexity index is 383. The van der Waals surface area contributed by atoms with Gasteiger partial charge in [-0.3, -0.25) is 0 Å². The predicted molar refractivity (Wildman–Crippen MR) is 58.6 cm³/mol. The molecule has 2 rings (SSSR count). The van der Waals surface area contributed by atoms with E-state index in [2.05, 4.69) is 17.0 Å². The smallest absolute Gasteiger partial charge is 0.0844 e. The van der Waals surface area contributed by atoms with Gasteiger partial charge in [0, 0.05) is 18.8 Å². The Balaban J connectivity index is 2.05. The van der Waals surface area contributed by atoms with Crippen molar-refractivity contribution in [3.63, 3.8) is 0 Å². The van der Waals surface area contributed by atoms with Crippen LogP contribution >= 0.6 is 0 Å². The summed E-state index contributed by atoms with van der Waals surface area (Å²) in [5.41, 5.74) is 2.54. The van der Waals surface area contributed by atoms with E-state index in [0.717, 1.165) is 13.0 Å². The van der Waals surface area contributed by atoms with E-state index < -0.39 is 6.10 Å². The van der Waals surface area contributed by atoms with Gasteiger partial charge in [0.2, 0.25) is 0 Å². The number of nitrogens with zero attached hydrogens (tertiary/aromatic N) is 2. The van der Waals surface area contributed by atoms with Crippen molar-refractivity contribution in [3.05, 3.63) is 29.8 Å². The molecule has 15 heavy (non-hydrogen) atoms. The number of aliphatic hydroxyl groups excluding tert-OH is 1. The summed E-state index contributed by atoms with van der Waals surface area (Å²) in [6.45, 7) is 1.51. The third-order valence-corrected chi connectivity index (χ3v) is 2.74. The lowest BCUT2D eigenvalue weighted by atomic mass is 10.2. The highest BCUT2D eigenvalue weighted by molar-refractivity contribution is 5.57. The Morgan fingerprint density at radius 2 is 2.27 bits per heavy atom. The monoisotopic (exact) mass is 202 g/mol. The maximum absolute atomic E-state index is 9.57.